The molecular weight excluding hydrogens is 322 g/mol. The van der Waals surface area contributed by atoms with Crippen LogP contribution in [0.1, 0.15) is 20.3 Å². The Kier molecular flexibility index (Phi) is 4.54. The van der Waals surface area contributed by atoms with Crippen molar-refractivity contribution in [3.8, 4) is 0 Å². The van der Waals surface area contributed by atoms with Crippen molar-refractivity contribution in [2.24, 2.45) is 5.92 Å². The van der Waals surface area contributed by atoms with Crippen LogP contribution in [-0.2, 0) is 4.79 Å². The smallest absolute Gasteiger partial charge is 0.137 e. The largest absolute Gasteiger partial charge is 0.548 e. The lowest BCUT2D eigenvalue weighted by Crippen LogP contribution is -2.41. The van der Waals surface area contributed by atoms with E-state index in [1.165, 1.54) is 6.33 Å². The molecule has 1 aromatic carbocycles. The number of fused-ring (bicyclic) bond motifs is 1. The number of hydrogen-bond donors (Lipinski definition) is 1. The maximum absolute atomic E-state index is 11.2. The molecule has 0 spiro atoms. The Balaban J connectivity index is 2.36. The first-order valence-corrected chi connectivity index (χ1v) is 7.14. The highest BCUT2D eigenvalue weighted by molar-refractivity contribution is 9.10. The number of hydrogen-bond acceptors (Lipinski definition) is 5. The lowest BCUT2D eigenvalue weighted by molar-refractivity contribution is -0.307. The van der Waals surface area contributed by atoms with Crippen molar-refractivity contribution in [1.29, 1.82) is 0 Å². The van der Waals surface area contributed by atoms with E-state index in [1.807, 2.05) is 32.0 Å². The number of aliphatic carboxylic acids is 1. The van der Waals surface area contributed by atoms with Gasteiger partial charge in [0, 0.05) is 9.86 Å². The second-order valence-electron chi connectivity index (χ2n) is 5.03. The predicted octanol–water partition coefficient (Wildman–Crippen LogP) is 1.97. The van der Waals surface area contributed by atoms with Gasteiger partial charge in [-0.3, -0.25) is 0 Å². The van der Waals surface area contributed by atoms with E-state index in [-0.39, 0.29) is 5.92 Å². The fraction of sp³-hybridized carbons (Fsp3) is 0.357. The molecule has 0 radical (unpaired) electrons. The second-order valence-corrected chi connectivity index (χ2v) is 5.94. The summed E-state index contributed by atoms with van der Waals surface area (Å²) in [6.45, 7) is 3.93. The fourth-order valence-electron chi connectivity index (χ4n) is 1.99. The fourth-order valence-corrected chi connectivity index (χ4v) is 2.36. The first-order chi connectivity index (χ1) is 9.47. The normalized spacial score (nSPS) is 12.6. The first-order valence-electron chi connectivity index (χ1n) is 6.35. The number of benzene rings is 1. The van der Waals surface area contributed by atoms with Crippen LogP contribution in [0.3, 0.4) is 0 Å². The van der Waals surface area contributed by atoms with Crippen LogP contribution < -0.4 is 10.4 Å². The highest BCUT2D eigenvalue weighted by atomic mass is 79.9. The van der Waals surface area contributed by atoms with Crippen molar-refractivity contribution < 1.29 is 9.90 Å². The molecule has 1 aromatic heterocycles. The van der Waals surface area contributed by atoms with Crippen LogP contribution in [0.5, 0.6) is 0 Å². The molecule has 6 heteroatoms. The first kappa shape index (κ1) is 14.7. The number of aromatic nitrogens is 2. The summed E-state index contributed by atoms with van der Waals surface area (Å²) >= 11 is 3.39. The standard InChI is InChI=1S/C14H16BrN3O2/c1-8(2)5-12(14(19)20)18-13-10-6-9(15)3-4-11(10)16-7-17-13/h3-4,6-8,12H,5H2,1-2H3,(H,19,20)(H,16,17,18)/p-1/t12-/m0/s1. The van der Waals surface area contributed by atoms with Gasteiger partial charge in [-0.15, -0.1) is 0 Å². The van der Waals surface area contributed by atoms with Gasteiger partial charge in [-0.2, -0.15) is 0 Å². The summed E-state index contributed by atoms with van der Waals surface area (Å²) in [6.07, 6.45) is 1.89. The van der Waals surface area contributed by atoms with Crippen LogP contribution in [0.4, 0.5) is 5.82 Å². The van der Waals surface area contributed by atoms with Gasteiger partial charge < -0.3 is 15.2 Å². The number of carboxylic acid groups (broad SMARTS) is 1. The van der Waals surface area contributed by atoms with Crippen molar-refractivity contribution in [3.05, 3.63) is 29.0 Å². The monoisotopic (exact) mass is 336 g/mol. The molecule has 1 heterocycles. The molecule has 0 aliphatic carbocycles. The molecule has 0 fully saturated rings. The lowest BCUT2D eigenvalue weighted by atomic mass is 10.0. The molecule has 5 nitrogen and oxygen atoms in total. The maximum Gasteiger partial charge on any atom is 0.137 e. The molecule has 106 valence electrons. The third-order valence-electron chi connectivity index (χ3n) is 2.90. The number of anilines is 1. The van der Waals surface area contributed by atoms with Crippen LogP contribution in [0.15, 0.2) is 29.0 Å². The number of carbonyl (C=O) groups is 1. The van der Waals surface area contributed by atoms with E-state index in [1.54, 1.807) is 0 Å². The minimum absolute atomic E-state index is 0.241. The molecule has 2 aromatic rings. The SMILES string of the molecule is CC(C)C[C@H](Nc1ncnc2ccc(Br)cc12)C(=O)[O-]. The zero-order chi connectivity index (χ0) is 14.7. The average molecular weight is 337 g/mol. The van der Waals surface area contributed by atoms with Crippen molar-refractivity contribution in [3.63, 3.8) is 0 Å². The summed E-state index contributed by atoms with van der Waals surface area (Å²) in [5.41, 5.74) is 0.757. The van der Waals surface area contributed by atoms with Gasteiger partial charge in [0.05, 0.1) is 17.5 Å². The molecule has 0 aliphatic rings. The Morgan fingerprint density at radius 1 is 1.40 bits per heavy atom. The highest BCUT2D eigenvalue weighted by Crippen LogP contribution is 2.24. The van der Waals surface area contributed by atoms with Crippen molar-refractivity contribution in [1.82, 2.24) is 9.97 Å². The second kappa shape index (κ2) is 6.17. The zero-order valence-electron chi connectivity index (χ0n) is 11.3. The van der Waals surface area contributed by atoms with E-state index in [4.69, 9.17) is 0 Å². The third kappa shape index (κ3) is 3.45. The average Bonchev–Trinajstić information content (AvgIpc) is 2.38. The minimum Gasteiger partial charge on any atom is -0.548 e. The summed E-state index contributed by atoms with van der Waals surface area (Å²) in [6, 6.07) is 4.82. The van der Waals surface area contributed by atoms with Gasteiger partial charge in [-0.25, -0.2) is 9.97 Å². The van der Waals surface area contributed by atoms with E-state index >= 15 is 0 Å². The maximum atomic E-state index is 11.2. The van der Waals surface area contributed by atoms with E-state index in [2.05, 4.69) is 31.2 Å². The summed E-state index contributed by atoms with van der Waals surface area (Å²) in [5, 5.41) is 14.9. The minimum atomic E-state index is -1.12. The molecule has 2 rings (SSSR count). The van der Waals surface area contributed by atoms with E-state index < -0.39 is 12.0 Å². The summed E-state index contributed by atoms with van der Waals surface area (Å²) in [4.78, 5) is 19.5. The van der Waals surface area contributed by atoms with Crippen LogP contribution in [-0.4, -0.2) is 22.0 Å². The number of nitrogens with zero attached hydrogens (tertiary/aromatic N) is 2. The van der Waals surface area contributed by atoms with Gasteiger partial charge in [0.15, 0.2) is 0 Å². The summed E-state index contributed by atoms with van der Waals surface area (Å²) in [5.74, 6) is -0.378. The Morgan fingerprint density at radius 3 is 2.80 bits per heavy atom. The van der Waals surface area contributed by atoms with Crippen LogP contribution in [0.2, 0.25) is 0 Å². The van der Waals surface area contributed by atoms with Gasteiger partial charge in [-0.05, 0) is 30.5 Å². The molecule has 0 saturated carbocycles. The zero-order valence-corrected chi connectivity index (χ0v) is 12.8. The van der Waals surface area contributed by atoms with Gasteiger partial charge in [0.1, 0.15) is 12.1 Å². The molecule has 0 saturated heterocycles. The Hall–Kier alpha value is -1.69. The van der Waals surface area contributed by atoms with E-state index in [9.17, 15) is 9.90 Å². The van der Waals surface area contributed by atoms with Gasteiger partial charge >= 0.3 is 0 Å². The van der Waals surface area contributed by atoms with Gasteiger partial charge in [-0.1, -0.05) is 29.8 Å². The van der Waals surface area contributed by atoms with Gasteiger partial charge in [0.25, 0.3) is 0 Å². The molecule has 0 bridgehead atoms. The molecule has 0 aliphatic heterocycles. The molecule has 20 heavy (non-hydrogen) atoms. The van der Waals surface area contributed by atoms with Gasteiger partial charge in [0.2, 0.25) is 0 Å². The number of carboxylic acids is 1. The highest BCUT2D eigenvalue weighted by Gasteiger charge is 2.14. The molecular formula is C14H15BrN3O2-. The van der Waals surface area contributed by atoms with Crippen LogP contribution >= 0.6 is 15.9 Å². The third-order valence-corrected chi connectivity index (χ3v) is 3.39. The van der Waals surface area contributed by atoms with Crippen LogP contribution in [0, 0.1) is 5.92 Å². The topological polar surface area (TPSA) is 77.9 Å². The van der Waals surface area contributed by atoms with E-state index in [0.29, 0.717) is 12.2 Å². The number of rotatable bonds is 5. The van der Waals surface area contributed by atoms with Crippen molar-refractivity contribution in [2.45, 2.75) is 26.3 Å². The molecule has 0 amide bonds. The Labute approximate surface area is 125 Å². The predicted molar refractivity (Wildman–Crippen MR) is 79.1 cm³/mol. The molecule has 1 atom stereocenters. The number of carbonyl (C=O) groups excluding carboxylic acids is 1. The number of halogens is 1. The van der Waals surface area contributed by atoms with Crippen LogP contribution in [0.25, 0.3) is 10.9 Å². The van der Waals surface area contributed by atoms with Crippen molar-refractivity contribution >= 4 is 38.6 Å². The quantitative estimate of drug-likeness (QED) is 0.903. The summed E-state index contributed by atoms with van der Waals surface area (Å²) in [7, 11) is 0. The molecule has 1 N–H and O–H groups in total. The van der Waals surface area contributed by atoms with Crippen molar-refractivity contribution in [2.75, 3.05) is 5.32 Å². The Bertz CT molecular complexity index is 631. The summed E-state index contributed by atoms with van der Waals surface area (Å²) < 4.78 is 0.886. The number of nitrogens with one attached hydrogen (secondary N) is 1. The van der Waals surface area contributed by atoms with E-state index in [0.717, 1.165) is 15.4 Å². The molecule has 0 unspecified atom stereocenters. The Morgan fingerprint density at radius 2 is 2.15 bits per heavy atom. The lowest BCUT2D eigenvalue weighted by Gasteiger charge is -2.22.